The average Bonchev–Trinajstić information content (AvgIpc) is 2.67. The summed E-state index contributed by atoms with van der Waals surface area (Å²) in [6.07, 6.45) is 1.90. The highest BCUT2D eigenvalue weighted by Gasteiger charge is 2.35. The van der Waals surface area contributed by atoms with E-state index in [2.05, 4.69) is 42.7 Å². The van der Waals surface area contributed by atoms with Crippen LogP contribution in [0, 0.1) is 5.92 Å². The molecule has 3 heteroatoms. The van der Waals surface area contributed by atoms with E-state index in [9.17, 15) is 4.79 Å². The van der Waals surface area contributed by atoms with Gasteiger partial charge in [-0.2, -0.15) is 0 Å². The molecule has 0 radical (unpaired) electrons. The molecule has 0 aromatic heterocycles. The van der Waals surface area contributed by atoms with Gasteiger partial charge in [-0.3, -0.25) is 9.69 Å². The molecule has 3 atom stereocenters. The number of rotatable bonds is 8. The summed E-state index contributed by atoms with van der Waals surface area (Å²) in [5.74, 6) is -0.511. The first-order chi connectivity index (χ1) is 13.2. The third-order valence-corrected chi connectivity index (χ3v) is 4.87. The summed E-state index contributed by atoms with van der Waals surface area (Å²) in [6, 6.07) is 20.6. The molecule has 28 heavy (non-hydrogen) atoms. The molecular formula is C25H33NO2. The second-order valence-electron chi connectivity index (χ2n) is 8.25. The van der Waals surface area contributed by atoms with E-state index in [4.69, 9.17) is 4.74 Å². The van der Waals surface area contributed by atoms with Gasteiger partial charge in [0.2, 0.25) is 0 Å². The van der Waals surface area contributed by atoms with Gasteiger partial charge in [-0.1, -0.05) is 73.7 Å². The fraction of sp³-hybridized carbons (Fsp3) is 0.400. The lowest BCUT2D eigenvalue weighted by molar-refractivity contribution is -0.162. The molecule has 3 unspecified atom stereocenters. The highest BCUT2D eigenvalue weighted by Crippen LogP contribution is 2.36. The van der Waals surface area contributed by atoms with E-state index >= 15 is 0 Å². The SMILES string of the molecule is C=CCN(C(C)c1ccccc1)C(c1ccccc1)C(C)C(=O)OC(C)(C)C. The lowest BCUT2D eigenvalue weighted by Crippen LogP contribution is -2.40. The lowest BCUT2D eigenvalue weighted by Gasteiger charge is -2.39. The number of carbonyl (C=O) groups excluding carboxylic acids is 1. The Bertz CT molecular complexity index is 749. The van der Waals surface area contributed by atoms with Crippen molar-refractivity contribution in [2.45, 2.75) is 52.3 Å². The Morgan fingerprint density at radius 3 is 1.96 bits per heavy atom. The molecule has 0 saturated carbocycles. The molecule has 2 aromatic carbocycles. The largest absolute Gasteiger partial charge is 0.460 e. The fourth-order valence-corrected chi connectivity index (χ4v) is 3.53. The van der Waals surface area contributed by atoms with E-state index < -0.39 is 5.60 Å². The van der Waals surface area contributed by atoms with Crippen molar-refractivity contribution in [2.75, 3.05) is 6.54 Å². The van der Waals surface area contributed by atoms with Crippen molar-refractivity contribution in [1.82, 2.24) is 4.90 Å². The van der Waals surface area contributed by atoms with Gasteiger partial charge in [-0.05, 0) is 38.8 Å². The number of esters is 1. The fourth-order valence-electron chi connectivity index (χ4n) is 3.53. The molecule has 0 spiro atoms. The van der Waals surface area contributed by atoms with Gasteiger partial charge in [0, 0.05) is 18.6 Å². The van der Waals surface area contributed by atoms with E-state index in [-0.39, 0.29) is 24.0 Å². The van der Waals surface area contributed by atoms with Crippen LogP contribution in [0.3, 0.4) is 0 Å². The molecule has 0 saturated heterocycles. The van der Waals surface area contributed by atoms with E-state index in [1.54, 1.807) is 0 Å². The van der Waals surface area contributed by atoms with Crippen molar-refractivity contribution in [3.63, 3.8) is 0 Å². The molecule has 0 fully saturated rings. The van der Waals surface area contributed by atoms with E-state index in [0.29, 0.717) is 6.54 Å². The smallest absolute Gasteiger partial charge is 0.311 e. The summed E-state index contributed by atoms with van der Waals surface area (Å²) in [7, 11) is 0. The zero-order valence-electron chi connectivity index (χ0n) is 17.8. The van der Waals surface area contributed by atoms with Crippen molar-refractivity contribution in [3.8, 4) is 0 Å². The molecule has 0 aliphatic rings. The Kier molecular flexibility index (Phi) is 7.59. The summed E-state index contributed by atoms with van der Waals surface area (Å²) in [5, 5.41) is 0. The van der Waals surface area contributed by atoms with Gasteiger partial charge in [-0.25, -0.2) is 0 Å². The summed E-state index contributed by atoms with van der Waals surface area (Å²) < 4.78 is 5.72. The minimum absolute atomic E-state index is 0.120. The molecule has 0 aliphatic heterocycles. The first-order valence-electron chi connectivity index (χ1n) is 9.94. The van der Waals surface area contributed by atoms with Crippen molar-refractivity contribution >= 4 is 5.97 Å². The third kappa shape index (κ3) is 5.80. The molecule has 150 valence electrons. The van der Waals surface area contributed by atoms with Gasteiger partial charge in [-0.15, -0.1) is 6.58 Å². The van der Waals surface area contributed by atoms with Crippen molar-refractivity contribution in [2.24, 2.45) is 5.92 Å². The van der Waals surface area contributed by atoms with Gasteiger partial charge in [0.15, 0.2) is 0 Å². The van der Waals surface area contributed by atoms with E-state index in [1.807, 2.05) is 70.2 Å². The number of carbonyl (C=O) groups is 1. The summed E-state index contributed by atoms with van der Waals surface area (Å²) in [6.45, 7) is 14.5. The molecule has 2 aromatic rings. The van der Waals surface area contributed by atoms with Crippen LogP contribution in [0.5, 0.6) is 0 Å². The Labute approximate surface area is 170 Å². The van der Waals surface area contributed by atoms with Crippen molar-refractivity contribution in [3.05, 3.63) is 84.4 Å². The standard InChI is InChI=1S/C25H33NO2/c1-7-18-26(20(3)21-14-10-8-11-15-21)23(22-16-12-9-13-17-22)19(2)24(27)28-25(4,5)6/h7-17,19-20,23H,1,18H2,2-6H3. The van der Waals surface area contributed by atoms with Crippen LogP contribution in [-0.2, 0) is 9.53 Å². The summed E-state index contributed by atoms with van der Waals surface area (Å²) in [4.78, 5) is 15.3. The quantitative estimate of drug-likeness (QED) is 0.419. The number of hydrogen-bond donors (Lipinski definition) is 0. The zero-order valence-corrected chi connectivity index (χ0v) is 17.8. The van der Waals surface area contributed by atoms with Gasteiger partial charge in [0.1, 0.15) is 5.60 Å². The maximum absolute atomic E-state index is 13.0. The summed E-state index contributed by atoms with van der Waals surface area (Å²) in [5.41, 5.74) is 1.80. The Morgan fingerprint density at radius 2 is 1.50 bits per heavy atom. The monoisotopic (exact) mass is 379 g/mol. The van der Waals surface area contributed by atoms with Gasteiger partial charge in [0.25, 0.3) is 0 Å². The Balaban J connectivity index is 2.45. The molecule has 0 aliphatic carbocycles. The van der Waals surface area contributed by atoms with Crippen molar-refractivity contribution < 1.29 is 9.53 Å². The minimum atomic E-state index is -0.513. The molecule has 0 amide bonds. The van der Waals surface area contributed by atoms with Gasteiger partial charge in [0.05, 0.1) is 5.92 Å². The van der Waals surface area contributed by atoms with Gasteiger partial charge < -0.3 is 4.74 Å². The highest BCUT2D eigenvalue weighted by atomic mass is 16.6. The van der Waals surface area contributed by atoms with Crippen LogP contribution in [-0.4, -0.2) is 23.0 Å². The van der Waals surface area contributed by atoms with Gasteiger partial charge >= 0.3 is 5.97 Å². The molecule has 0 bridgehead atoms. The topological polar surface area (TPSA) is 29.5 Å². The highest BCUT2D eigenvalue weighted by molar-refractivity contribution is 5.73. The maximum Gasteiger partial charge on any atom is 0.311 e. The average molecular weight is 380 g/mol. The Hall–Kier alpha value is -2.39. The normalized spacial score (nSPS) is 14.9. The summed E-state index contributed by atoms with van der Waals surface area (Å²) >= 11 is 0. The number of hydrogen-bond acceptors (Lipinski definition) is 3. The first-order valence-corrected chi connectivity index (χ1v) is 9.94. The molecule has 2 rings (SSSR count). The number of nitrogens with zero attached hydrogens (tertiary/aromatic N) is 1. The predicted octanol–water partition coefficient (Wildman–Crippen LogP) is 5.95. The van der Waals surface area contributed by atoms with Crippen LogP contribution in [0.1, 0.15) is 57.8 Å². The third-order valence-electron chi connectivity index (χ3n) is 4.87. The Morgan fingerprint density at radius 1 is 1.00 bits per heavy atom. The second-order valence-corrected chi connectivity index (χ2v) is 8.25. The lowest BCUT2D eigenvalue weighted by atomic mass is 9.90. The molecule has 3 nitrogen and oxygen atoms in total. The number of ether oxygens (including phenoxy) is 1. The van der Waals surface area contributed by atoms with Crippen LogP contribution >= 0.6 is 0 Å². The molecule has 0 heterocycles. The molecule has 0 N–H and O–H groups in total. The van der Waals surface area contributed by atoms with E-state index in [1.165, 1.54) is 5.56 Å². The zero-order chi connectivity index (χ0) is 20.7. The maximum atomic E-state index is 13.0. The first kappa shape index (κ1) is 21.9. The van der Waals surface area contributed by atoms with Crippen LogP contribution in [0.2, 0.25) is 0 Å². The number of benzene rings is 2. The second kappa shape index (κ2) is 9.70. The predicted molar refractivity (Wildman–Crippen MR) is 116 cm³/mol. The van der Waals surface area contributed by atoms with Crippen molar-refractivity contribution in [1.29, 1.82) is 0 Å². The van der Waals surface area contributed by atoms with Crippen LogP contribution in [0.15, 0.2) is 73.3 Å². The van der Waals surface area contributed by atoms with E-state index in [0.717, 1.165) is 5.56 Å². The van der Waals surface area contributed by atoms with Crippen LogP contribution in [0.25, 0.3) is 0 Å². The van der Waals surface area contributed by atoms with Crippen LogP contribution < -0.4 is 0 Å². The minimum Gasteiger partial charge on any atom is -0.460 e. The molecular weight excluding hydrogens is 346 g/mol. The van der Waals surface area contributed by atoms with Crippen LogP contribution in [0.4, 0.5) is 0 Å².